The average molecular weight is 340 g/mol. The minimum absolute atomic E-state index is 0.0226. The third-order valence-electron chi connectivity index (χ3n) is 3.78. The first-order valence-electron chi connectivity index (χ1n) is 8.33. The molecule has 1 atom stereocenters. The van der Waals surface area contributed by atoms with E-state index in [2.05, 4.69) is 11.9 Å². The Labute approximate surface area is 143 Å². The van der Waals surface area contributed by atoms with Gasteiger partial charge in [-0.2, -0.15) is 0 Å². The second kappa shape index (κ2) is 11.8. The van der Waals surface area contributed by atoms with Crippen molar-refractivity contribution in [2.45, 2.75) is 25.7 Å². The molecule has 1 aliphatic heterocycles. The zero-order valence-corrected chi connectivity index (χ0v) is 14.1. The predicted octanol–water partition coefficient (Wildman–Crippen LogP) is 0.193. The van der Waals surface area contributed by atoms with Gasteiger partial charge in [-0.05, 0) is 37.7 Å². The molecule has 3 N–H and O–H groups in total. The standard InChI is InChI=1S/C17H28N2O5/c1-14-5-6-17(23)19(14)12-16(22)18-8-3-11-24-13-15(7-10-21)4-2-9-20/h5-6,15,20-21H,1-4,7-13H2,(H,18,22). The summed E-state index contributed by atoms with van der Waals surface area (Å²) in [7, 11) is 0. The van der Waals surface area contributed by atoms with Crippen LogP contribution in [0.15, 0.2) is 24.4 Å². The molecule has 24 heavy (non-hydrogen) atoms. The Balaban J connectivity index is 2.07. The lowest BCUT2D eigenvalue weighted by Crippen LogP contribution is -2.37. The topological polar surface area (TPSA) is 99.1 Å². The number of ether oxygens (including phenoxy) is 1. The summed E-state index contributed by atoms with van der Waals surface area (Å²) in [6.07, 6.45) is 5.85. The number of allylic oxidation sites excluding steroid dienone is 1. The maximum Gasteiger partial charge on any atom is 0.251 e. The summed E-state index contributed by atoms with van der Waals surface area (Å²) >= 11 is 0. The lowest BCUT2D eigenvalue weighted by atomic mass is 10.0. The molecule has 0 fully saturated rings. The molecular formula is C17H28N2O5. The molecule has 0 bridgehead atoms. The zero-order valence-electron chi connectivity index (χ0n) is 14.1. The molecule has 0 spiro atoms. The second-order valence-electron chi connectivity index (χ2n) is 5.77. The van der Waals surface area contributed by atoms with E-state index in [0.717, 1.165) is 6.42 Å². The number of hydrogen-bond donors (Lipinski definition) is 3. The highest BCUT2D eigenvalue weighted by Gasteiger charge is 2.20. The van der Waals surface area contributed by atoms with Gasteiger partial charge in [-0.1, -0.05) is 6.58 Å². The average Bonchev–Trinajstić information content (AvgIpc) is 2.87. The van der Waals surface area contributed by atoms with E-state index in [-0.39, 0.29) is 37.5 Å². The fourth-order valence-electron chi connectivity index (χ4n) is 2.39. The molecule has 1 heterocycles. The minimum atomic E-state index is -0.227. The summed E-state index contributed by atoms with van der Waals surface area (Å²) in [4.78, 5) is 24.6. The molecule has 0 aromatic rings. The van der Waals surface area contributed by atoms with Crippen LogP contribution < -0.4 is 5.32 Å². The van der Waals surface area contributed by atoms with Gasteiger partial charge in [0.2, 0.25) is 5.91 Å². The summed E-state index contributed by atoms with van der Waals surface area (Å²) in [5.74, 6) is -0.206. The number of carbonyl (C=O) groups is 2. The number of aliphatic hydroxyl groups is 2. The van der Waals surface area contributed by atoms with Crippen LogP contribution in [0.2, 0.25) is 0 Å². The third kappa shape index (κ3) is 7.72. The molecule has 136 valence electrons. The zero-order chi connectivity index (χ0) is 17.8. The van der Waals surface area contributed by atoms with Gasteiger partial charge in [0.15, 0.2) is 0 Å². The van der Waals surface area contributed by atoms with Crippen LogP contribution in [0.1, 0.15) is 25.7 Å². The van der Waals surface area contributed by atoms with Crippen LogP contribution in [0, 0.1) is 5.92 Å². The number of rotatable bonds is 13. The second-order valence-corrected chi connectivity index (χ2v) is 5.77. The van der Waals surface area contributed by atoms with E-state index in [1.165, 1.54) is 11.0 Å². The first-order chi connectivity index (χ1) is 11.6. The Hall–Kier alpha value is -1.70. The number of nitrogens with one attached hydrogen (secondary N) is 1. The summed E-state index contributed by atoms with van der Waals surface area (Å²) in [6, 6.07) is 0. The van der Waals surface area contributed by atoms with Crippen molar-refractivity contribution < 1.29 is 24.5 Å². The van der Waals surface area contributed by atoms with Crippen molar-refractivity contribution in [3.05, 3.63) is 24.4 Å². The lowest BCUT2D eigenvalue weighted by molar-refractivity contribution is -0.129. The van der Waals surface area contributed by atoms with Crippen LogP contribution in [-0.4, -0.2) is 66.4 Å². The molecule has 2 amide bonds. The first kappa shape index (κ1) is 20.3. The molecule has 1 rings (SSSR count). The molecule has 7 heteroatoms. The number of aliphatic hydroxyl groups excluding tert-OH is 2. The van der Waals surface area contributed by atoms with Crippen molar-refractivity contribution >= 4 is 11.8 Å². The van der Waals surface area contributed by atoms with E-state index in [9.17, 15) is 9.59 Å². The highest BCUT2D eigenvalue weighted by Crippen LogP contribution is 2.12. The number of hydrogen-bond acceptors (Lipinski definition) is 5. The molecule has 0 aliphatic carbocycles. The number of amides is 2. The normalized spacial score (nSPS) is 15.2. The van der Waals surface area contributed by atoms with E-state index >= 15 is 0 Å². The third-order valence-corrected chi connectivity index (χ3v) is 3.78. The molecule has 0 aromatic heterocycles. The minimum Gasteiger partial charge on any atom is -0.396 e. The van der Waals surface area contributed by atoms with E-state index in [4.69, 9.17) is 14.9 Å². The van der Waals surface area contributed by atoms with Gasteiger partial charge in [-0.15, -0.1) is 0 Å². The van der Waals surface area contributed by atoms with Crippen LogP contribution in [0.4, 0.5) is 0 Å². The van der Waals surface area contributed by atoms with Crippen LogP contribution in [0.5, 0.6) is 0 Å². The fourth-order valence-corrected chi connectivity index (χ4v) is 2.39. The van der Waals surface area contributed by atoms with Gasteiger partial charge < -0.3 is 25.2 Å². The fraction of sp³-hybridized carbons (Fsp3) is 0.647. The van der Waals surface area contributed by atoms with E-state index in [1.807, 2.05) is 0 Å². The summed E-state index contributed by atoms with van der Waals surface area (Å²) < 4.78 is 5.56. The maximum atomic E-state index is 11.8. The lowest BCUT2D eigenvalue weighted by Gasteiger charge is -2.17. The van der Waals surface area contributed by atoms with Crippen molar-refractivity contribution in [1.29, 1.82) is 0 Å². The largest absolute Gasteiger partial charge is 0.396 e. The van der Waals surface area contributed by atoms with E-state index in [1.54, 1.807) is 6.08 Å². The molecule has 0 saturated carbocycles. The van der Waals surface area contributed by atoms with Crippen molar-refractivity contribution in [3.8, 4) is 0 Å². The predicted molar refractivity (Wildman–Crippen MR) is 90.0 cm³/mol. The Morgan fingerprint density at radius 3 is 2.67 bits per heavy atom. The van der Waals surface area contributed by atoms with Crippen molar-refractivity contribution in [3.63, 3.8) is 0 Å². The van der Waals surface area contributed by atoms with Gasteiger partial charge in [0.05, 0.1) is 0 Å². The molecule has 1 unspecified atom stereocenters. The number of nitrogens with zero attached hydrogens (tertiary/aromatic N) is 1. The molecule has 7 nitrogen and oxygen atoms in total. The number of carbonyl (C=O) groups excluding carboxylic acids is 2. The first-order valence-corrected chi connectivity index (χ1v) is 8.33. The Morgan fingerprint density at radius 1 is 1.25 bits per heavy atom. The Bertz CT molecular complexity index is 432. The maximum absolute atomic E-state index is 11.8. The van der Waals surface area contributed by atoms with Gasteiger partial charge in [0, 0.05) is 44.7 Å². The van der Waals surface area contributed by atoms with Crippen LogP contribution in [0.25, 0.3) is 0 Å². The molecule has 1 aliphatic rings. The SMILES string of the molecule is C=C1C=CC(=O)N1CC(=O)NCCCOCC(CCO)CCCO. The monoisotopic (exact) mass is 340 g/mol. The summed E-state index contributed by atoms with van der Waals surface area (Å²) in [6.45, 7) is 5.47. The van der Waals surface area contributed by atoms with Crippen molar-refractivity contribution in [2.75, 3.05) is 39.5 Å². The molecule has 0 aromatic carbocycles. The van der Waals surface area contributed by atoms with Crippen LogP contribution in [0.3, 0.4) is 0 Å². The summed E-state index contributed by atoms with van der Waals surface area (Å²) in [5.41, 5.74) is 0.524. The van der Waals surface area contributed by atoms with E-state index < -0.39 is 0 Å². The highest BCUT2D eigenvalue weighted by atomic mass is 16.5. The Kier molecular flexibility index (Phi) is 9.98. The van der Waals surface area contributed by atoms with Crippen molar-refractivity contribution in [2.24, 2.45) is 5.92 Å². The smallest absolute Gasteiger partial charge is 0.251 e. The van der Waals surface area contributed by atoms with E-state index in [0.29, 0.717) is 44.7 Å². The van der Waals surface area contributed by atoms with Gasteiger partial charge >= 0.3 is 0 Å². The molecular weight excluding hydrogens is 312 g/mol. The van der Waals surface area contributed by atoms with Gasteiger partial charge in [-0.3, -0.25) is 9.59 Å². The summed E-state index contributed by atoms with van der Waals surface area (Å²) in [5, 5.41) is 20.6. The van der Waals surface area contributed by atoms with Crippen molar-refractivity contribution in [1.82, 2.24) is 10.2 Å². The van der Waals surface area contributed by atoms with Crippen LogP contribution in [-0.2, 0) is 14.3 Å². The van der Waals surface area contributed by atoms with Gasteiger partial charge in [0.25, 0.3) is 5.91 Å². The molecule has 0 radical (unpaired) electrons. The Morgan fingerprint density at radius 2 is 2.04 bits per heavy atom. The van der Waals surface area contributed by atoms with Crippen LogP contribution >= 0.6 is 0 Å². The highest BCUT2D eigenvalue weighted by molar-refractivity contribution is 5.96. The molecule has 0 saturated heterocycles. The quantitative estimate of drug-likeness (QED) is 0.416. The van der Waals surface area contributed by atoms with Gasteiger partial charge in [-0.25, -0.2) is 0 Å². The van der Waals surface area contributed by atoms with Gasteiger partial charge in [0.1, 0.15) is 6.54 Å².